The molecule has 3 heteroatoms. The van der Waals surface area contributed by atoms with Gasteiger partial charge in [-0.2, -0.15) is 5.10 Å². The summed E-state index contributed by atoms with van der Waals surface area (Å²) in [5.74, 6) is 0.714. The number of hydrogen-bond donors (Lipinski definition) is 1. The van der Waals surface area contributed by atoms with Crippen molar-refractivity contribution in [3.8, 4) is 0 Å². The van der Waals surface area contributed by atoms with Crippen molar-refractivity contribution in [2.24, 2.45) is 5.92 Å². The third-order valence-electron chi connectivity index (χ3n) is 4.59. The normalized spacial score (nSPS) is 19.7. The highest BCUT2D eigenvalue weighted by Gasteiger charge is 2.20. The number of nitrogens with one attached hydrogen (secondary N) is 1. The fourth-order valence-electron chi connectivity index (χ4n) is 3.33. The van der Waals surface area contributed by atoms with Crippen LogP contribution in [0.4, 0.5) is 0 Å². The van der Waals surface area contributed by atoms with E-state index in [2.05, 4.69) is 43.2 Å². The van der Waals surface area contributed by atoms with E-state index in [1.807, 2.05) is 0 Å². The van der Waals surface area contributed by atoms with Gasteiger partial charge in [-0.05, 0) is 38.3 Å². The molecule has 0 bridgehead atoms. The lowest BCUT2D eigenvalue weighted by Gasteiger charge is -2.22. The highest BCUT2D eigenvalue weighted by atomic mass is 15.3. The quantitative estimate of drug-likeness (QED) is 0.815. The van der Waals surface area contributed by atoms with Gasteiger partial charge in [-0.15, -0.1) is 0 Å². The molecular formula is C16H29N3. The van der Waals surface area contributed by atoms with Gasteiger partial charge in [-0.3, -0.25) is 4.68 Å². The average molecular weight is 263 g/mol. The second-order valence-corrected chi connectivity index (χ2v) is 6.09. The Labute approximate surface area is 117 Å². The monoisotopic (exact) mass is 263 g/mol. The Bertz CT molecular complexity index is 366. The minimum atomic E-state index is 0.548. The predicted molar refractivity (Wildman–Crippen MR) is 80.4 cm³/mol. The molecule has 1 aromatic rings. The number of hydrogen-bond acceptors (Lipinski definition) is 2. The van der Waals surface area contributed by atoms with E-state index >= 15 is 0 Å². The van der Waals surface area contributed by atoms with Gasteiger partial charge in [0.1, 0.15) is 0 Å². The molecule has 19 heavy (non-hydrogen) atoms. The highest BCUT2D eigenvalue weighted by molar-refractivity contribution is 5.03. The van der Waals surface area contributed by atoms with E-state index in [-0.39, 0.29) is 0 Å². The lowest BCUT2D eigenvalue weighted by molar-refractivity contribution is 0.366. The minimum absolute atomic E-state index is 0.548. The van der Waals surface area contributed by atoms with E-state index < -0.39 is 0 Å². The summed E-state index contributed by atoms with van der Waals surface area (Å²) in [6.45, 7) is 4.61. The molecule has 1 saturated carbocycles. The molecule has 0 aliphatic heterocycles. The first-order valence-corrected chi connectivity index (χ1v) is 7.96. The maximum absolute atomic E-state index is 4.80. The van der Waals surface area contributed by atoms with Crippen molar-refractivity contribution in [2.45, 2.75) is 70.9 Å². The Kier molecular flexibility index (Phi) is 5.44. The van der Waals surface area contributed by atoms with Crippen molar-refractivity contribution >= 4 is 0 Å². The predicted octanol–water partition coefficient (Wildman–Crippen LogP) is 3.56. The fraction of sp³-hybridized carbons (Fsp3) is 0.812. The third-order valence-corrected chi connectivity index (χ3v) is 4.59. The molecule has 3 nitrogen and oxygen atoms in total. The maximum atomic E-state index is 4.80. The average Bonchev–Trinajstić information content (AvgIpc) is 3.06. The molecule has 1 aliphatic rings. The van der Waals surface area contributed by atoms with Crippen LogP contribution in [0, 0.1) is 5.92 Å². The SMILES string of the molecule is CCCC(C)C(Cc1ccn(C2CCCC2)n1)NC. The number of rotatable bonds is 7. The lowest BCUT2D eigenvalue weighted by atomic mass is 9.93. The molecule has 1 aliphatic carbocycles. The molecule has 1 heterocycles. The Morgan fingerprint density at radius 3 is 2.79 bits per heavy atom. The molecule has 0 amide bonds. The minimum Gasteiger partial charge on any atom is -0.316 e. The summed E-state index contributed by atoms with van der Waals surface area (Å²) in [5.41, 5.74) is 1.24. The Morgan fingerprint density at radius 2 is 2.16 bits per heavy atom. The molecule has 0 saturated heterocycles. The fourth-order valence-corrected chi connectivity index (χ4v) is 3.33. The summed E-state index contributed by atoms with van der Waals surface area (Å²) in [7, 11) is 2.07. The summed E-state index contributed by atoms with van der Waals surface area (Å²) in [6.07, 6.45) is 11.1. The van der Waals surface area contributed by atoms with Crippen LogP contribution in [0.15, 0.2) is 12.3 Å². The molecular weight excluding hydrogens is 234 g/mol. The number of nitrogens with zero attached hydrogens (tertiary/aromatic N) is 2. The van der Waals surface area contributed by atoms with E-state index in [9.17, 15) is 0 Å². The van der Waals surface area contributed by atoms with E-state index in [1.54, 1.807) is 0 Å². The van der Waals surface area contributed by atoms with Crippen molar-refractivity contribution in [1.29, 1.82) is 0 Å². The molecule has 0 aromatic carbocycles. The maximum Gasteiger partial charge on any atom is 0.0640 e. The van der Waals surface area contributed by atoms with Gasteiger partial charge in [0.25, 0.3) is 0 Å². The summed E-state index contributed by atoms with van der Waals surface area (Å²) >= 11 is 0. The number of likely N-dealkylation sites (N-methyl/N-ethyl adjacent to an activating group) is 1. The van der Waals surface area contributed by atoms with Crippen LogP contribution in [0.5, 0.6) is 0 Å². The van der Waals surface area contributed by atoms with Gasteiger partial charge >= 0.3 is 0 Å². The first-order chi connectivity index (χ1) is 9.24. The van der Waals surface area contributed by atoms with Crippen molar-refractivity contribution in [2.75, 3.05) is 7.05 Å². The smallest absolute Gasteiger partial charge is 0.0640 e. The van der Waals surface area contributed by atoms with Gasteiger partial charge in [0.15, 0.2) is 0 Å². The summed E-state index contributed by atoms with van der Waals surface area (Å²) in [6, 6.07) is 3.42. The van der Waals surface area contributed by atoms with Crippen LogP contribution in [0.2, 0.25) is 0 Å². The van der Waals surface area contributed by atoms with Crippen LogP contribution in [-0.4, -0.2) is 22.9 Å². The van der Waals surface area contributed by atoms with Crippen LogP contribution in [0.3, 0.4) is 0 Å². The summed E-state index contributed by atoms with van der Waals surface area (Å²) in [5, 5.41) is 8.26. The molecule has 2 atom stereocenters. The van der Waals surface area contributed by atoms with Gasteiger partial charge in [-0.1, -0.05) is 33.1 Å². The molecule has 1 N–H and O–H groups in total. The Hall–Kier alpha value is -0.830. The van der Waals surface area contributed by atoms with Gasteiger partial charge in [0.2, 0.25) is 0 Å². The third kappa shape index (κ3) is 3.82. The highest BCUT2D eigenvalue weighted by Crippen LogP contribution is 2.28. The standard InChI is InChI=1S/C16H29N3/c1-4-7-13(2)16(17-3)12-14-10-11-19(18-14)15-8-5-6-9-15/h10-11,13,15-17H,4-9,12H2,1-3H3. The van der Waals surface area contributed by atoms with E-state index in [0.717, 1.165) is 6.42 Å². The number of aromatic nitrogens is 2. The van der Waals surface area contributed by atoms with Crippen LogP contribution >= 0.6 is 0 Å². The molecule has 108 valence electrons. The van der Waals surface area contributed by atoms with E-state index in [1.165, 1.54) is 44.2 Å². The van der Waals surface area contributed by atoms with Gasteiger partial charge in [-0.25, -0.2) is 0 Å². The van der Waals surface area contributed by atoms with Crippen molar-refractivity contribution < 1.29 is 0 Å². The summed E-state index contributed by atoms with van der Waals surface area (Å²) < 4.78 is 2.21. The molecule has 1 aromatic heterocycles. The van der Waals surface area contributed by atoms with Crippen LogP contribution < -0.4 is 5.32 Å². The molecule has 2 unspecified atom stereocenters. The van der Waals surface area contributed by atoms with Crippen LogP contribution in [-0.2, 0) is 6.42 Å². The first kappa shape index (κ1) is 14.6. The van der Waals surface area contributed by atoms with Gasteiger partial charge < -0.3 is 5.32 Å². The Morgan fingerprint density at radius 1 is 1.42 bits per heavy atom. The Balaban J connectivity index is 1.93. The van der Waals surface area contributed by atoms with E-state index in [0.29, 0.717) is 18.0 Å². The zero-order valence-corrected chi connectivity index (χ0v) is 12.7. The van der Waals surface area contributed by atoms with Crippen molar-refractivity contribution in [3.63, 3.8) is 0 Å². The van der Waals surface area contributed by atoms with Gasteiger partial charge in [0, 0.05) is 18.7 Å². The second-order valence-electron chi connectivity index (χ2n) is 6.09. The zero-order chi connectivity index (χ0) is 13.7. The topological polar surface area (TPSA) is 29.9 Å². The van der Waals surface area contributed by atoms with Crippen LogP contribution in [0.1, 0.15) is 64.1 Å². The second kappa shape index (κ2) is 7.09. The molecule has 0 radical (unpaired) electrons. The molecule has 0 spiro atoms. The van der Waals surface area contributed by atoms with Gasteiger partial charge in [0.05, 0.1) is 11.7 Å². The molecule has 2 rings (SSSR count). The summed E-state index contributed by atoms with van der Waals surface area (Å²) in [4.78, 5) is 0. The molecule has 1 fully saturated rings. The zero-order valence-electron chi connectivity index (χ0n) is 12.7. The first-order valence-electron chi connectivity index (χ1n) is 7.96. The lowest BCUT2D eigenvalue weighted by Crippen LogP contribution is -2.34. The van der Waals surface area contributed by atoms with Crippen molar-refractivity contribution in [3.05, 3.63) is 18.0 Å². The van der Waals surface area contributed by atoms with E-state index in [4.69, 9.17) is 5.10 Å². The largest absolute Gasteiger partial charge is 0.316 e. The van der Waals surface area contributed by atoms with Crippen LogP contribution in [0.25, 0.3) is 0 Å². The van der Waals surface area contributed by atoms with Crippen molar-refractivity contribution in [1.82, 2.24) is 15.1 Å².